The van der Waals surface area contributed by atoms with Crippen molar-refractivity contribution >= 4 is 17.4 Å². The van der Waals surface area contributed by atoms with E-state index in [0.29, 0.717) is 28.7 Å². The van der Waals surface area contributed by atoms with Crippen molar-refractivity contribution in [2.45, 2.75) is 33.6 Å². The van der Waals surface area contributed by atoms with E-state index in [9.17, 15) is 4.79 Å². The molecule has 7 heteroatoms. The second kappa shape index (κ2) is 8.03. The third-order valence-electron chi connectivity index (χ3n) is 4.00. The van der Waals surface area contributed by atoms with Gasteiger partial charge in [-0.05, 0) is 31.9 Å². The minimum Gasteiger partial charge on any atom is -0.454 e. The van der Waals surface area contributed by atoms with Crippen LogP contribution in [0.1, 0.15) is 43.0 Å². The molecule has 2 aromatic rings. The third kappa shape index (κ3) is 4.04. The molecule has 1 amide bonds. The molecule has 1 aliphatic rings. The van der Waals surface area contributed by atoms with Crippen LogP contribution in [0.4, 0.5) is 11.5 Å². The molecule has 2 heterocycles. The number of hydrogen-bond acceptors (Lipinski definition) is 6. The van der Waals surface area contributed by atoms with Crippen LogP contribution in [0.5, 0.6) is 11.5 Å². The molecule has 3 rings (SSSR count). The van der Waals surface area contributed by atoms with E-state index >= 15 is 0 Å². The molecule has 0 bridgehead atoms. The number of amides is 1. The first kappa shape index (κ1) is 18.0. The van der Waals surface area contributed by atoms with Crippen molar-refractivity contribution in [3.05, 3.63) is 35.8 Å². The number of nitrogens with one attached hydrogen (secondary N) is 1. The molecule has 1 aliphatic heterocycles. The lowest BCUT2D eigenvalue weighted by Crippen LogP contribution is -2.27. The lowest BCUT2D eigenvalue weighted by Gasteiger charge is -2.23. The van der Waals surface area contributed by atoms with Crippen molar-refractivity contribution in [2.24, 2.45) is 0 Å². The minimum absolute atomic E-state index is 0.200. The SMILES string of the molecule is CCCN(CCC)c1cc(C(=O)Nc2ccc3c(c2)OCO3)nc(C)n1. The Bertz CT molecular complexity index is 788. The topological polar surface area (TPSA) is 76.6 Å². The lowest BCUT2D eigenvalue weighted by atomic mass is 10.2. The van der Waals surface area contributed by atoms with E-state index in [1.165, 1.54) is 0 Å². The number of benzene rings is 1. The molecule has 0 spiro atoms. The van der Waals surface area contributed by atoms with E-state index in [0.717, 1.165) is 31.7 Å². The molecule has 0 radical (unpaired) electrons. The number of nitrogens with zero attached hydrogens (tertiary/aromatic N) is 3. The molecule has 138 valence electrons. The Hall–Kier alpha value is -2.83. The van der Waals surface area contributed by atoms with Gasteiger partial charge in [0.1, 0.15) is 17.3 Å². The average molecular weight is 356 g/mol. The molecule has 26 heavy (non-hydrogen) atoms. The molecule has 0 unspecified atom stereocenters. The van der Waals surface area contributed by atoms with Gasteiger partial charge in [-0.3, -0.25) is 4.79 Å². The van der Waals surface area contributed by atoms with Gasteiger partial charge in [0.15, 0.2) is 11.5 Å². The van der Waals surface area contributed by atoms with E-state index in [-0.39, 0.29) is 12.7 Å². The zero-order valence-electron chi connectivity index (χ0n) is 15.4. The van der Waals surface area contributed by atoms with Crippen LogP contribution < -0.4 is 19.7 Å². The Morgan fingerprint density at radius 3 is 2.58 bits per heavy atom. The van der Waals surface area contributed by atoms with Gasteiger partial charge in [-0.25, -0.2) is 9.97 Å². The molecule has 0 aliphatic carbocycles. The maximum Gasteiger partial charge on any atom is 0.274 e. The first-order valence-electron chi connectivity index (χ1n) is 8.92. The van der Waals surface area contributed by atoms with E-state index in [4.69, 9.17) is 9.47 Å². The summed E-state index contributed by atoms with van der Waals surface area (Å²) < 4.78 is 10.6. The summed E-state index contributed by atoms with van der Waals surface area (Å²) in [5.74, 6) is 2.40. The second-order valence-corrected chi connectivity index (χ2v) is 6.17. The van der Waals surface area contributed by atoms with Gasteiger partial charge in [-0.15, -0.1) is 0 Å². The number of aryl methyl sites for hydroxylation is 1. The molecular formula is C19H24N4O3. The van der Waals surface area contributed by atoms with E-state index in [1.807, 2.05) is 0 Å². The lowest BCUT2D eigenvalue weighted by molar-refractivity contribution is 0.102. The standard InChI is InChI=1S/C19H24N4O3/c1-4-8-23(9-5-2)18-11-15(20-13(3)21-18)19(24)22-14-6-7-16-17(10-14)26-12-25-16/h6-7,10-11H,4-5,8-9,12H2,1-3H3,(H,22,24). The summed E-state index contributed by atoms with van der Waals surface area (Å²) in [4.78, 5) is 23.7. The highest BCUT2D eigenvalue weighted by Crippen LogP contribution is 2.34. The monoisotopic (exact) mass is 356 g/mol. The fourth-order valence-corrected chi connectivity index (χ4v) is 2.88. The van der Waals surface area contributed by atoms with Gasteiger partial charge in [0, 0.05) is 30.9 Å². The maximum absolute atomic E-state index is 12.7. The second-order valence-electron chi connectivity index (χ2n) is 6.17. The van der Waals surface area contributed by atoms with Crippen molar-refractivity contribution in [3.8, 4) is 11.5 Å². The van der Waals surface area contributed by atoms with Crippen LogP contribution in [0.15, 0.2) is 24.3 Å². The molecule has 0 saturated carbocycles. The largest absolute Gasteiger partial charge is 0.454 e. The zero-order valence-corrected chi connectivity index (χ0v) is 15.4. The number of aromatic nitrogens is 2. The normalized spacial score (nSPS) is 12.1. The van der Waals surface area contributed by atoms with Crippen LogP contribution in [-0.2, 0) is 0 Å². The molecule has 1 N–H and O–H groups in total. The summed E-state index contributed by atoms with van der Waals surface area (Å²) in [5, 5.41) is 2.86. The number of fused-ring (bicyclic) bond motifs is 1. The van der Waals surface area contributed by atoms with Crippen LogP contribution in [0.3, 0.4) is 0 Å². The van der Waals surface area contributed by atoms with E-state index in [2.05, 4.69) is 34.0 Å². The summed E-state index contributed by atoms with van der Waals surface area (Å²) in [5.41, 5.74) is 0.985. The quantitative estimate of drug-likeness (QED) is 0.819. The van der Waals surface area contributed by atoms with Crippen molar-refractivity contribution in [3.63, 3.8) is 0 Å². The molecule has 1 aromatic heterocycles. The van der Waals surface area contributed by atoms with Crippen molar-refractivity contribution < 1.29 is 14.3 Å². The Labute approximate surface area is 153 Å². The number of carbonyl (C=O) groups excluding carboxylic acids is 1. The molecule has 0 atom stereocenters. The van der Waals surface area contributed by atoms with E-state index < -0.39 is 0 Å². The highest BCUT2D eigenvalue weighted by Gasteiger charge is 2.17. The first-order chi connectivity index (χ1) is 12.6. The minimum atomic E-state index is -0.274. The van der Waals surface area contributed by atoms with Crippen LogP contribution >= 0.6 is 0 Å². The summed E-state index contributed by atoms with van der Waals surface area (Å²) >= 11 is 0. The molecule has 0 fully saturated rings. The van der Waals surface area contributed by atoms with Crippen molar-refractivity contribution in [1.82, 2.24) is 9.97 Å². The predicted octanol–water partition coefficient (Wildman–Crippen LogP) is 3.39. The Morgan fingerprint density at radius 2 is 1.85 bits per heavy atom. The first-order valence-corrected chi connectivity index (χ1v) is 8.92. The van der Waals surface area contributed by atoms with E-state index in [1.54, 1.807) is 31.2 Å². The summed E-state index contributed by atoms with van der Waals surface area (Å²) in [6, 6.07) is 7.05. The highest BCUT2D eigenvalue weighted by molar-refractivity contribution is 6.03. The molecule has 1 aromatic carbocycles. The third-order valence-corrected chi connectivity index (χ3v) is 4.00. The molecule has 7 nitrogen and oxygen atoms in total. The molecular weight excluding hydrogens is 332 g/mol. The number of anilines is 2. The van der Waals surface area contributed by atoms with Gasteiger partial charge >= 0.3 is 0 Å². The Balaban J connectivity index is 1.80. The van der Waals surface area contributed by atoms with Crippen molar-refractivity contribution in [1.29, 1.82) is 0 Å². The molecule has 0 saturated heterocycles. The smallest absolute Gasteiger partial charge is 0.274 e. The fourth-order valence-electron chi connectivity index (χ4n) is 2.88. The van der Waals surface area contributed by atoms with Gasteiger partial charge in [0.2, 0.25) is 6.79 Å². The number of carbonyl (C=O) groups is 1. The van der Waals surface area contributed by atoms with Crippen LogP contribution in [0.2, 0.25) is 0 Å². The van der Waals surface area contributed by atoms with Gasteiger partial charge < -0.3 is 19.7 Å². The Kier molecular flexibility index (Phi) is 5.55. The maximum atomic E-state index is 12.7. The van der Waals surface area contributed by atoms with Gasteiger partial charge in [0.05, 0.1) is 0 Å². The summed E-state index contributed by atoms with van der Waals surface area (Å²) in [7, 11) is 0. The number of ether oxygens (including phenoxy) is 2. The Morgan fingerprint density at radius 1 is 1.12 bits per heavy atom. The zero-order chi connectivity index (χ0) is 18.5. The van der Waals surface area contributed by atoms with Gasteiger partial charge in [-0.1, -0.05) is 13.8 Å². The highest BCUT2D eigenvalue weighted by atomic mass is 16.7. The number of rotatable bonds is 7. The van der Waals surface area contributed by atoms with Crippen LogP contribution in [0, 0.1) is 6.92 Å². The van der Waals surface area contributed by atoms with Gasteiger partial charge in [0.25, 0.3) is 5.91 Å². The fraction of sp³-hybridized carbons (Fsp3) is 0.421. The van der Waals surface area contributed by atoms with Gasteiger partial charge in [-0.2, -0.15) is 0 Å². The predicted molar refractivity (Wildman–Crippen MR) is 100 cm³/mol. The van der Waals surface area contributed by atoms with Crippen molar-refractivity contribution in [2.75, 3.05) is 30.1 Å². The average Bonchev–Trinajstić information content (AvgIpc) is 3.08. The van der Waals surface area contributed by atoms with Crippen LogP contribution in [-0.4, -0.2) is 35.8 Å². The summed E-state index contributed by atoms with van der Waals surface area (Å²) in [6.07, 6.45) is 2.03. The van der Waals surface area contributed by atoms with Crippen LogP contribution in [0.25, 0.3) is 0 Å². The number of hydrogen-bond donors (Lipinski definition) is 1. The summed E-state index contributed by atoms with van der Waals surface area (Å²) in [6.45, 7) is 8.05.